The Morgan fingerprint density at radius 2 is 1.85 bits per heavy atom. The predicted molar refractivity (Wildman–Crippen MR) is 56.1 cm³/mol. The van der Waals surface area contributed by atoms with Crippen LogP contribution >= 0.6 is 0 Å². The molecule has 0 amide bonds. The molecule has 2 unspecified atom stereocenters. The highest BCUT2D eigenvalue weighted by atomic mass is 32.2. The molecule has 0 saturated heterocycles. The van der Waals surface area contributed by atoms with E-state index in [0.717, 1.165) is 25.7 Å². The van der Waals surface area contributed by atoms with Crippen LogP contribution in [0.1, 0.15) is 39.5 Å². The van der Waals surface area contributed by atoms with Crippen LogP contribution in [0.4, 0.5) is 0 Å². The zero-order chi connectivity index (χ0) is 10.5. The zero-order valence-corrected chi connectivity index (χ0v) is 9.60. The summed E-state index contributed by atoms with van der Waals surface area (Å²) >= 11 is 0. The van der Waals surface area contributed by atoms with Crippen molar-refractivity contribution < 1.29 is 8.42 Å². The summed E-state index contributed by atoms with van der Waals surface area (Å²) in [7, 11) is -3.07. The fourth-order valence-electron chi connectivity index (χ4n) is 1.42. The van der Waals surface area contributed by atoms with Gasteiger partial charge in [-0.25, -0.2) is 8.42 Å². The molecule has 0 aromatic rings. The van der Waals surface area contributed by atoms with E-state index in [4.69, 9.17) is 5.73 Å². The molecule has 0 spiro atoms. The maximum absolute atomic E-state index is 11.2. The molecule has 13 heavy (non-hydrogen) atoms. The molecule has 0 aliphatic carbocycles. The Bertz CT molecular complexity index is 224. The van der Waals surface area contributed by atoms with Crippen LogP contribution in [-0.2, 0) is 9.84 Å². The summed E-state index contributed by atoms with van der Waals surface area (Å²) in [6.07, 6.45) is 5.12. The molecule has 0 bridgehead atoms. The number of nitrogens with two attached hydrogens (primary N) is 1. The number of unbranched alkanes of at least 4 members (excludes halogenated alkanes) is 1. The standard InChI is InChI=1S/C9H21NO2S/c1-4-6-7-8(5-2)9(10)13(3,11)12/h8-9H,4-7,10H2,1-3H3. The van der Waals surface area contributed by atoms with Gasteiger partial charge in [-0.15, -0.1) is 0 Å². The SMILES string of the molecule is CCCCC(CC)C(N)S(C)(=O)=O. The summed E-state index contributed by atoms with van der Waals surface area (Å²) in [5.74, 6) is 0.120. The van der Waals surface area contributed by atoms with Crippen LogP contribution in [-0.4, -0.2) is 20.0 Å². The number of hydrogen-bond donors (Lipinski definition) is 1. The molecule has 0 radical (unpaired) electrons. The van der Waals surface area contributed by atoms with Crippen molar-refractivity contribution in [3.63, 3.8) is 0 Å². The third-order valence-electron chi connectivity index (χ3n) is 2.41. The molecule has 2 atom stereocenters. The molecule has 0 aromatic heterocycles. The van der Waals surface area contributed by atoms with Crippen molar-refractivity contribution in [3.05, 3.63) is 0 Å². The second-order valence-corrected chi connectivity index (χ2v) is 5.81. The first kappa shape index (κ1) is 12.9. The Morgan fingerprint density at radius 1 is 1.31 bits per heavy atom. The smallest absolute Gasteiger partial charge is 0.163 e. The second-order valence-electron chi connectivity index (χ2n) is 3.60. The van der Waals surface area contributed by atoms with E-state index in [0.29, 0.717) is 0 Å². The van der Waals surface area contributed by atoms with Gasteiger partial charge in [0.25, 0.3) is 0 Å². The number of hydrogen-bond acceptors (Lipinski definition) is 3. The lowest BCUT2D eigenvalue weighted by molar-refractivity contribution is 0.423. The first-order chi connectivity index (χ1) is 5.93. The molecule has 80 valence electrons. The van der Waals surface area contributed by atoms with E-state index in [1.807, 2.05) is 6.92 Å². The molecule has 0 rings (SSSR count). The van der Waals surface area contributed by atoms with Crippen molar-refractivity contribution in [2.45, 2.75) is 44.9 Å². The van der Waals surface area contributed by atoms with Crippen molar-refractivity contribution in [1.82, 2.24) is 0 Å². The maximum atomic E-state index is 11.2. The van der Waals surface area contributed by atoms with Gasteiger partial charge in [0, 0.05) is 6.26 Å². The van der Waals surface area contributed by atoms with Crippen LogP contribution in [0, 0.1) is 5.92 Å². The van der Waals surface area contributed by atoms with Gasteiger partial charge in [-0.3, -0.25) is 0 Å². The molecule has 0 aliphatic rings. The molecule has 0 aliphatic heterocycles. The van der Waals surface area contributed by atoms with Gasteiger partial charge in [0.05, 0.1) is 0 Å². The fraction of sp³-hybridized carbons (Fsp3) is 1.00. The Hall–Kier alpha value is -0.0900. The summed E-state index contributed by atoms with van der Waals surface area (Å²) in [5, 5.41) is -0.677. The summed E-state index contributed by atoms with van der Waals surface area (Å²) in [6.45, 7) is 4.09. The van der Waals surface area contributed by atoms with Crippen LogP contribution in [0.5, 0.6) is 0 Å². The highest BCUT2D eigenvalue weighted by Gasteiger charge is 2.24. The largest absolute Gasteiger partial charge is 0.315 e. The average molecular weight is 207 g/mol. The lowest BCUT2D eigenvalue weighted by atomic mass is 9.99. The van der Waals surface area contributed by atoms with Gasteiger partial charge in [0.1, 0.15) is 5.37 Å². The number of sulfone groups is 1. The molecular weight excluding hydrogens is 186 g/mol. The van der Waals surface area contributed by atoms with Gasteiger partial charge in [0.15, 0.2) is 9.84 Å². The first-order valence-corrected chi connectivity index (χ1v) is 6.83. The van der Waals surface area contributed by atoms with E-state index in [9.17, 15) is 8.42 Å². The Labute approximate surface area is 81.6 Å². The first-order valence-electron chi connectivity index (χ1n) is 4.87. The van der Waals surface area contributed by atoms with Crippen LogP contribution < -0.4 is 5.73 Å². The van der Waals surface area contributed by atoms with Crippen molar-refractivity contribution in [2.75, 3.05) is 6.26 Å². The van der Waals surface area contributed by atoms with Crippen LogP contribution in [0.2, 0.25) is 0 Å². The van der Waals surface area contributed by atoms with E-state index in [2.05, 4.69) is 6.92 Å². The number of rotatable bonds is 6. The minimum Gasteiger partial charge on any atom is -0.315 e. The Morgan fingerprint density at radius 3 is 2.15 bits per heavy atom. The lowest BCUT2D eigenvalue weighted by Gasteiger charge is -2.20. The van der Waals surface area contributed by atoms with E-state index >= 15 is 0 Å². The second kappa shape index (κ2) is 5.60. The molecule has 4 heteroatoms. The van der Waals surface area contributed by atoms with Crippen molar-refractivity contribution in [1.29, 1.82) is 0 Å². The summed E-state index contributed by atoms with van der Waals surface area (Å²) in [6, 6.07) is 0. The summed E-state index contributed by atoms with van der Waals surface area (Å²) in [5.41, 5.74) is 5.66. The predicted octanol–water partition coefficient (Wildman–Crippen LogP) is 1.53. The van der Waals surface area contributed by atoms with Crippen LogP contribution in [0.3, 0.4) is 0 Å². The molecule has 2 N–H and O–H groups in total. The third-order valence-corrected chi connectivity index (χ3v) is 3.79. The minimum atomic E-state index is -3.07. The third kappa shape index (κ3) is 4.62. The lowest BCUT2D eigenvalue weighted by Crippen LogP contribution is -2.37. The Balaban J connectivity index is 4.24. The van der Waals surface area contributed by atoms with E-state index in [1.165, 1.54) is 6.26 Å². The average Bonchev–Trinajstić information content (AvgIpc) is 2.04. The van der Waals surface area contributed by atoms with Crippen LogP contribution in [0.15, 0.2) is 0 Å². The van der Waals surface area contributed by atoms with Gasteiger partial charge in [-0.05, 0) is 12.3 Å². The molecule has 0 aromatic carbocycles. The highest BCUT2D eigenvalue weighted by Crippen LogP contribution is 2.18. The van der Waals surface area contributed by atoms with Crippen LogP contribution in [0.25, 0.3) is 0 Å². The topological polar surface area (TPSA) is 60.2 Å². The van der Waals surface area contributed by atoms with Gasteiger partial charge in [-0.2, -0.15) is 0 Å². The summed E-state index contributed by atoms with van der Waals surface area (Å²) < 4.78 is 22.3. The highest BCUT2D eigenvalue weighted by molar-refractivity contribution is 7.91. The molecule has 0 fully saturated rings. The zero-order valence-electron chi connectivity index (χ0n) is 8.79. The van der Waals surface area contributed by atoms with E-state index in [-0.39, 0.29) is 5.92 Å². The molecule has 0 saturated carbocycles. The molecular formula is C9H21NO2S. The molecule has 0 heterocycles. The quantitative estimate of drug-likeness (QED) is 0.718. The Kier molecular flexibility index (Phi) is 5.56. The monoisotopic (exact) mass is 207 g/mol. The normalized spacial score (nSPS) is 16.9. The summed E-state index contributed by atoms with van der Waals surface area (Å²) in [4.78, 5) is 0. The minimum absolute atomic E-state index is 0.120. The van der Waals surface area contributed by atoms with Crippen molar-refractivity contribution >= 4 is 9.84 Å². The maximum Gasteiger partial charge on any atom is 0.163 e. The van der Waals surface area contributed by atoms with Gasteiger partial charge >= 0.3 is 0 Å². The van der Waals surface area contributed by atoms with Gasteiger partial charge < -0.3 is 5.73 Å². The molecule has 3 nitrogen and oxygen atoms in total. The van der Waals surface area contributed by atoms with Gasteiger partial charge in [0.2, 0.25) is 0 Å². The van der Waals surface area contributed by atoms with Crippen molar-refractivity contribution in [3.8, 4) is 0 Å². The van der Waals surface area contributed by atoms with Gasteiger partial charge in [-0.1, -0.05) is 33.1 Å². The fourth-order valence-corrected chi connectivity index (χ4v) is 2.44. The van der Waals surface area contributed by atoms with E-state index < -0.39 is 15.2 Å². The van der Waals surface area contributed by atoms with E-state index in [1.54, 1.807) is 0 Å². The van der Waals surface area contributed by atoms with Crippen molar-refractivity contribution in [2.24, 2.45) is 11.7 Å².